The first-order valence-electron chi connectivity index (χ1n) is 5.79. The van der Waals surface area contributed by atoms with E-state index in [0.29, 0.717) is 5.76 Å². The quantitative estimate of drug-likeness (QED) is 0.918. The average molecular weight is 312 g/mol. The summed E-state index contributed by atoms with van der Waals surface area (Å²) in [6.45, 7) is 0.0669. The van der Waals surface area contributed by atoms with Crippen LogP contribution in [0.1, 0.15) is 11.5 Å². The van der Waals surface area contributed by atoms with E-state index in [-0.39, 0.29) is 18.0 Å². The summed E-state index contributed by atoms with van der Waals surface area (Å²) >= 11 is 0. The first-order chi connectivity index (χ1) is 9.95. The van der Waals surface area contributed by atoms with E-state index in [1.807, 2.05) is 0 Å². The van der Waals surface area contributed by atoms with E-state index in [4.69, 9.17) is 9.68 Å². The van der Waals surface area contributed by atoms with Gasteiger partial charge in [0.2, 0.25) is 15.6 Å². The predicted molar refractivity (Wildman–Crippen MR) is 70.4 cm³/mol. The number of sulfone groups is 1. The van der Waals surface area contributed by atoms with Crippen molar-refractivity contribution in [2.75, 3.05) is 5.32 Å². The van der Waals surface area contributed by atoms with Crippen LogP contribution in [-0.2, 0) is 16.4 Å². The second-order valence-corrected chi connectivity index (χ2v) is 5.92. The standard InChI is InChI=1S/C13H10F2N2O3S/c14-13(15)21(18,19)12-4-2-1-3-11(12)17-8-10-6-5-9(7-16)20-10/h1-6,13,17H,8H2. The van der Waals surface area contributed by atoms with Crippen molar-refractivity contribution >= 4 is 15.5 Å². The van der Waals surface area contributed by atoms with Gasteiger partial charge in [-0.15, -0.1) is 0 Å². The van der Waals surface area contributed by atoms with Crippen molar-refractivity contribution in [1.82, 2.24) is 0 Å². The van der Waals surface area contributed by atoms with Crippen LogP contribution >= 0.6 is 0 Å². The third kappa shape index (κ3) is 3.20. The van der Waals surface area contributed by atoms with E-state index in [9.17, 15) is 17.2 Å². The maximum absolute atomic E-state index is 12.6. The molecule has 0 atom stereocenters. The van der Waals surface area contributed by atoms with Gasteiger partial charge in [-0.05, 0) is 24.3 Å². The second-order valence-electron chi connectivity index (χ2n) is 4.03. The Labute approximate surface area is 119 Å². The number of para-hydroxylation sites is 1. The molecule has 0 aliphatic heterocycles. The van der Waals surface area contributed by atoms with Crippen molar-refractivity contribution in [3.63, 3.8) is 0 Å². The van der Waals surface area contributed by atoms with Gasteiger partial charge in [-0.2, -0.15) is 14.0 Å². The summed E-state index contributed by atoms with van der Waals surface area (Å²) < 4.78 is 53.5. The molecule has 0 spiro atoms. The monoisotopic (exact) mass is 312 g/mol. The Kier molecular flexibility index (Phi) is 4.23. The van der Waals surface area contributed by atoms with Crippen LogP contribution in [-0.4, -0.2) is 14.2 Å². The van der Waals surface area contributed by atoms with E-state index in [0.717, 1.165) is 6.07 Å². The van der Waals surface area contributed by atoms with Gasteiger partial charge in [-0.3, -0.25) is 0 Å². The molecule has 2 aromatic rings. The van der Waals surface area contributed by atoms with Crippen LogP contribution in [0.3, 0.4) is 0 Å². The summed E-state index contributed by atoms with van der Waals surface area (Å²) in [5.74, 6) is -3.00. The lowest BCUT2D eigenvalue weighted by Crippen LogP contribution is -2.14. The lowest BCUT2D eigenvalue weighted by molar-refractivity contribution is 0.235. The highest BCUT2D eigenvalue weighted by Gasteiger charge is 2.28. The summed E-state index contributed by atoms with van der Waals surface area (Å²) in [4.78, 5) is -0.480. The van der Waals surface area contributed by atoms with Gasteiger partial charge < -0.3 is 9.73 Å². The van der Waals surface area contributed by atoms with Crippen molar-refractivity contribution in [2.45, 2.75) is 17.2 Å². The van der Waals surface area contributed by atoms with Gasteiger partial charge in [0, 0.05) is 0 Å². The molecule has 1 N–H and O–H groups in total. The van der Waals surface area contributed by atoms with Gasteiger partial charge >= 0.3 is 5.76 Å². The average Bonchev–Trinajstić information content (AvgIpc) is 2.93. The molecule has 2 rings (SSSR count). The number of anilines is 1. The third-order valence-electron chi connectivity index (χ3n) is 2.65. The minimum absolute atomic E-state index is 0.0488. The molecule has 0 radical (unpaired) electrons. The lowest BCUT2D eigenvalue weighted by Gasteiger charge is -2.11. The predicted octanol–water partition coefficient (Wildman–Crippen LogP) is 2.76. The fourth-order valence-electron chi connectivity index (χ4n) is 1.67. The fraction of sp³-hybridized carbons (Fsp3) is 0.154. The van der Waals surface area contributed by atoms with Crippen LogP contribution in [0.25, 0.3) is 0 Å². The summed E-state index contributed by atoms with van der Waals surface area (Å²) in [6, 6.07) is 10.2. The number of rotatable bonds is 5. The molecule has 1 aromatic heterocycles. The van der Waals surface area contributed by atoms with Gasteiger partial charge in [0.15, 0.2) is 0 Å². The molecule has 1 heterocycles. The number of hydrogen-bond donors (Lipinski definition) is 1. The van der Waals surface area contributed by atoms with E-state index < -0.39 is 20.5 Å². The Balaban J connectivity index is 2.24. The van der Waals surface area contributed by atoms with Gasteiger partial charge in [0.05, 0.1) is 17.1 Å². The number of nitrogens with one attached hydrogen (secondary N) is 1. The topological polar surface area (TPSA) is 83.1 Å². The highest BCUT2D eigenvalue weighted by Crippen LogP contribution is 2.26. The number of nitrogens with zero attached hydrogens (tertiary/aromatic N) is 1. The van der Waals surface area contributed by atoms with Gasteiger partial charge in [-0.1, -0.05) is 12.1 Å². The Morgan fingerprint density at radius 3 is 2.57 bits per heavy atom. The zero-order chi connectivity index (χ0) is 15.5. The summed E-state index contributed by atoms with van der Waals surface area (Å²) in [6.07, 6.45) is 0. The minimum atomic E-state index is -4.69. The zero-order valence-corrected chi connectivity index (χ0v) is 11.4. The van der Waals surface area contributed by atoms with Crippen LogP contribution in [0.2, 0.25) is 0 Å². The molecule has 0 amide bonds. The molecule has 1 aromatic carbocycles. The number of halogens is 2. The summed E-state index contributed by atoms with van der Waals surface area (Å²) in [5, 5.41) is 11.3. The molecule has 110 valence electrons. The molecule has 0 unspecified atom stereocenters. The molecule has 0 aliphatic carbocycles. The third-order valence-corrected chi connectivity index (χ3v) is 4.09. The first kappa shape index (κ1) is 15.0. The van der Waals surface area contributed by atoms with Gasteiger partial charge in [0.25, 0.3) is 0 Å². The van der Waals surface area contributed by atoms with Gasteiger partial charge in [0.1, 0.15) is 11.8 Å². The van der Waals surface area contributed by atoms with E-state index >= 15 is 0 Å². The van der Waals surface area contributed by atoms with E-state index in [1.54, 1.807) is 6.07 Å². The molecule has 0 aliphatic rings. The maximum atomic E-state index is 12.6. The fourth-order valence-corrected chi connectivity index (χ4v) is 2.58. The van der Waals surface area contributed by atoms with Gasteiger partial charge in [-0.25, -0.2) is 8.42 Å². The second kappa shape index (κ2) is 5.93. The lowest BCUT2D eigenvalue weighted by atomic mass is 10.3. The summed E-state index contributed by atoms with van der Waals surface area (Å²) in [5.41, 5.74) is 0.0488. The Morgan fingerprint density at radius 2 is 1.95 bits per heavy atom. The van der Waals surface area contributed by atoms with Crippen LogP contribution in [0, 0.1) is 11.3 Å². The normalized spacial score (nSPS) is 11.3. The molecule has 5 nitrogen and oxygen atoms in total. The number of nitriles is 1. The van der Waals surface area contributed by atoms with Crippen molar-refractivity contribution in [2.24, 2.45) is 0 Å². The smallest absolute Gasteiger partial charge is 0.341 e. The number of furan rings is 1. The van der Waals surface area contributed by atoms with Crippen molar-refractivity contribution in [1.29, 1.82) is 5.26 Å². The molecular weight excluding hydrogens is 302 g/mol. The van der Waals surface area contributed by atoms with Crippen molar-refractivity contribution in [3.8, 4) is 6.07 Å². The number of hydrogen-bond acceptors (Lipinski definition) is 5. The molecule has 0 saturated heterocycles. The van der Waals surface area contributed by atoms with Crippen molar-refractivity contribution < 1.29 is 21.6 Å². The molecule has 8 heteroatoms. The minimum Gasteiger partial charge on any atom is -0.449 e. The molecule has 0 fully saturated rings. The Bertz CT molecular complexity index is 779. The van der Waals surface area contributed by atoms with E-state index in [2.05, 4.69) is 5.32 Å². The Hall–Kier alpha value is -2.40. The molecular formula is C13H10F2N2O3S. The van der Waals surface area contributed by atoms with Crippen LogP contribution in [0.15, 0.2) is 45.7 Å². The highest BCUT2D eigenvalue weighted by molar-refractivity contribution is 7.91. The number of alkyl halides is 2. The SMILES string of the molecule is N#Cc1ccc(CNc2ccccc2S(=O)(=O)C(F)F)o1. The first-order valence-corrected chi connectivity index (χ1v) is 7.33. The molecule has 21 heavy (non-hydrogen) atoms. The Morgan fingerprint density at radius 1 is 1.24 bits per heavy atom. The highest BCUT2D eigenvalue weighted by atomic mass is 32.2. The van der Waals surface area contributed by atoms with Crippen LogP contribution in [0.4, 0.5) is 14.5 Å². The van der Waals surface area contributed by atoms with Crippen LogP contribution in [0.5, 0.6) is 0 Å². The molecule has 0 bridgehead atoms. The maximum Gasteiger partial charge on any atom is 0.341 e. The largest absolute Gasteiger partial charge is 0.449 e. The summed E-state index contributed by atoms with van der Waals surface area (Å²) in [7, 11) is -4.69. The molecule has 0 saturated carbocycles. The number of benzene rings is 1. The van der Waals surface area contributed by atoms with E-state index in [1.165, 1.54) is 30.3 Å². The zero-order valence-electron chi connectivity index (χ0n) is 10.6. The van der Waals surface area contributed by atoms with Crippen molar-refractivity contribution in [3.05, 3.63) is 47.9 Å². The van der Waals surface area contributed by atoms with Crippen LogP contribution < -0.4 is 5.32 Å².